The lowest BCUT2D eigenvalue weighted by Crippen LogP contribution is -2.21. The molecule has 1 aliphatic carbocycles. The van der Waals surface area contributed by atoms with Crippen LogP contribution in [0.15, 0.2) is 29.4 Å². The molecule has 1 aromatic carbocycles. The maximum absolute atomic E-state index is 11.9. The van der Waals surface area contributed by atoms with Gasteiger partial charge in [0.2, 0.25) is 0 Å². The molecule has 0 saturated heterocycles. The van der Waals surface area contributed by atoms with Gasteiger partial charge in [0.1, 0.15) is 18.1 Å². The molecule has 3 rings (SSSR count). The van der Waals surface area contributed by atoms with E-state index in [-0.39, 0.29) is 5.25 Å². The number of nitrogens with zero attached hydrogens (tertiary/aromatic N) is 3. The summed E-state index contributed by atoms with van der Waals surface area (Å²) in [6, 6.07) is 7.19. The minimum atomic E-state index is 0.0108. The Morgan fingerprint density at radius 2 is 2.09 bits per heavy atom. The van der Waals surface area contributed by atoms with Crippen LogP contribution < -0.4 is 4.74 Å². The number of rotatable bonds is 5. The van der Waals surface area contributed by atoms with Gasteiger partial charge in [-0.2, -0.15) is 0 Å². The molecule has 1 atom stereocenters. The summed E-state index contributed by atoms with van der Waals surface area (Å²) in [5.41, 5.74) is 0. The van der Waals surface area contributed by atoms with Gasteiger partial charge < -0.3 is 9.30 Å². The number of aromatic nitrogens is 3. The maximum atomic E-state index is 11.9. The second-order valence-electron chi connectivity index (χ2n) is 5.52. The predicted molar refractivity (Wildman–Crippen MR) is 89.9 cm³/mol. The van der Waals surface area contributed by atoms with Gasteiger partial charge in [0.25, 0.3) is 0 Å². The van der Waals surface area contributed by atoms with Crippen molar-refractivity contribution in [2.75, 3.05) is 0 Å². The molecule has 2 aromatic rings. The highest BCUT2D eigenvalue weighted by Crippen LogP contribution is 2.30. The Balaban J connectivity index is 1.62. The third kappa shape index (κ3) is 4.06. The zero-order chi connectivity index (χ0) is 16.2. The molecule has 0 unspecified atom stereocenters. The minimum absolute atomic E-state index is 0.0108. The molecule has 1 saturated carbocycles. The fourth-order valence-corrected chi connectivity index (χ4v) is 3.72. The fraction of sp³-hybridized carbons (Fsp3) is 0.438. The Morgan fingerprint density at radius 1 is 1.30 bits per heavy atom. The van der Waals surface area contributed by atoms with Gasteiger partial charge in [-0.1, -0.05) is 29.8 Å². The van der Waals surface area contributed by atoms with Crippen LogP contribution in [-0.4, -0.2) is 25.8 Å². The van der Waals surface area contributed by atoms with Gasteiger partial charge >= 0.3 is 0 Å². The molecule has 0 radical (unpaired) electrons. The third-order valence-corrected chi connectivity index (χ3v) is 5.45. The summed E-state index contributed by atoms with van der Waals surface area (Å²) < 4.78 is 7.59. The van der Waals surface area contributed by atoms with Crippen molar-refractivity contribution < 1.29 is 9.53 Å². The first-order valence-electron chi connectivity index (χ1n) is 7.59. The highest BCUT2D eigenvalue weighted by atomic mass is 35.5. The van der Waals surface area contributed by atoms with Crippen LogP contribution >= 0.6 is 23.4 Å². The van der Waals surface area contributed by atoms with E-state index in [1.807, 2.05) is 23.7 Å². The SMILES string of the molecule is Cn1c(COc2ccc(Cl)cc2)nnc1S[C@H]1CCCCC1=O. The zero-order valence-electron chi connectivity index (χ0n) is 12.9. The number of benzene rings is 1. The van der Waals surface area contributed by atoms with Gasteiger partial charge in [-0.15, -0.1) is 10.2 Å². The first-order valence-corrected chi connectivity index (χ1v) is 8.85. The number of carbonyl (C=O) groups is 1. The summed E-state index contributed by atoms with van der Waals surface area (Å²) >= 11 is 7.36. The minimum Gasteiger partial charge on any atom is -0.486 e. The van der Waals surface area contributed by atoms with E-state index in [4.69, 9.17) is 16.3 Å². The molecule has 122 valence electrons. The van der Waals surface area contributed by atoms with E-state index in [1.54, 1.807) is 12.1 Å². The second kappa shape index (κ2) is 7.36. The lowest BCUT2D eigenvalue weighted by molar-refractivity contribution is -0.119. The molecule has 5 nitrogen and oxygen atoms in total. The zero-order valence-corrected chi connectivity index (χ0v) is 14.4. The summed E-state index contributed by atoms with van der Waals surface area (Å²) in [6.45, 7) is 0.324. The number of ether oxygens (including phenoxy) is 1. The molecule has 0 spiro atoms. The normalized spacial score (nSPS) is 18.2. The average molecular weight is 352 g/mol. The van der Waals surface area contributed by atoms with Crippen LogP contribution in [0.1, 0.15) is 31.5 Å². The molecule has 1 heterocycles. The highest BCUT2D eigenvalue weighted by Gasteiger charge is 2.25. The van der Waals surface area contributed by atoms with Crippen molar-refractivity contribution in [3.05, 3.63) is 35.1 Å². The van der Waals surface area contributed by atoms with Crippen molar-refractivity contribution in [1.29, 1.82) is 0 Å². The molecular weight excluding hydrogens is 334 g/mol. The van der Waals surface area contributed by atoms with Crippen molar-refractivity contribution in [3.8, 4) is 5.75 Å². The molecule has 23 heavy (non-hydrogen) atoms. The molecule has 1 aromatic heterocycles. The van der Waals surface area contributed by atoms with Crippen LogP contribution in [0.4, 0.5) is 0 Å². The molecule has 1 aliphatic rings. The first-order chi connectivity index (χ1) is 11.1. The van der Waals surface area contributed by atoms with Gasteiger partial charge in [0.05, 0.1) is 5.25 Å². The van der Waals surface area contributed by atoms with E-state index >= 15 is 0 Å². The monoisotopic (exact) mass is 351 g/mol. The Hall–Kier alpha value is -1.53. The predicted octanol–water partition coefficient (Wildman–Crippen LogP) is 3.65. The van der Waals surface area contributed by atoms with Crippen molar-refractivity contribution in [2.24, 2.45) is 7.05 Å². The van der Waals surface area contributed by atoms with Crippen LogP contribution in [-0.2, 0) is 18.4 Å². The number of hydrogen-bond donors (Lipinski definition) is 0. The topological polar surface area (TPSA) is 57.0 Å². The number of Topliss-reactive ketones (excluding diaryl/α,β-unsaturated/α-hetero) is 1. The summed E-state index contributed by atoms with van der Waals surface area (Å²) in [5, 5.41) is 9.81. The van der Waals surface area contributed by atoms with Crippen LogP contribution in [0.5, 0.6) is 5.75 Å². The lowest BCUT2D eigenvalue weighted by Gasteiger charge is -2.19. The molecule has 0 N–H and O–H groups in total. The van der Waals surface area contributed by atoms with Crippen LogP contribution in [0.25, 0.3) is 0 Å². The van der Waals surface area contributed by atoms with E-state index in [2.05, 4.69) is 10.2 Å². The van der Waals surface area contributed by atoms with Crippen LogP contribution in [0, 0.1) is 0 Å². The van der Waals surface area contributed by atoms with Gasteiger partial charge in [-0.25, -0.2) is 0 Å². The largest absolute Gasteiger partial charge is 0.486 e. The van der Waals surface area contributed by atoms with Crippen molar-refractivity contribution >= 4 is 29.1 Å². The number of thioether (sulfide) groups is 1. The number of halogens is 1. The fourth-order valence-electron chi connectivity index (χ4n) is 2.45. The number of carbonyl (C=O) groups excluding carboxylic acids is 1. The van der Waals surface area contributed by atoms with Crippen molar-refractivity contribution in [1.82, 2.24) is 14.8 Å². The highest BCUT2D eigenvalue weighted by molar-refractivity contribution is 8.00. The van der Waals surface area contributed by atoms with Crippen LogP contribution in [0.2, 0.25) is 5.02 Å². The Bertz CT molecular complexity index is 687. The summed E-state index contributed by atoms with van der Waals surface area (Å²) in [6.07, 6.45) is 3.72. The molecule has 0 bridgehead atoms. The lowest BCUT2D eigenvalue weighted by atomic mass is 9.99. The van der Waals surface area contributed by atoms with E-state index < -0.39 is 0 Å². The molecule has 1 fully saturated rings. The van der Waals surface area contributed by atoms with E-state index in [0.29, 0.717) is 23.8 Å². The van der Waals surface area contributed by atoms with Crippen molar-refractivity contribution in [3.63, 3.8) is 0 Å². The Kier molecular flexibility index (Phi) is 5.23. The van der Waals surface area contributed by atoms with E-state index in [9.17, 15) is 4.79 Å². The van der Waals surface area contributed by atoms with Gasteiger partial charge in [-0.3, -0.25) is 4.79 Å². The Labute approximate surface area is 144 Å². The van der Waals surface area contributed by atoms with E-state index in [0.717, 1.165) is 36.0 Å². The van der Waals surface area contributed by atoms with Crippen LogP contribution in [0.3, 0.4) is 0 Å². The second-order valence-corrected chi connectivity index (χ2v) is 7.13. The standard InChI is InChI=1S/C16H18ClN3O2S/c1-20-15(10-22-12-8-6-11(17)7-9-12)18-19-16(20)23-14-5-3-2-4-13(14)21/h6-9,14H,2-5,10H2,1H3/t14-/m0/s1. The number of hydrogen-bond acceptors (Lipinski definition) is 5. The van der Waals surface area contributed by atoms with Gasteiger partial charge in [0.15, 0.2) is 11.0 Å². The third-order valence-electron chi connectivity index (χ3n) is 3.85. The summed E-state index contributed by atoms with van der Waals surface area (Å²) in [7, 11) is 1.90. The molecule has 0 amide bonds. The van der Waals surface area contributed by atoms with Gasteiger partial charge in [-0.05, 0) is 37.1 Å². The Morgan fingerprint density at radius 3 is 2.83 bits per heavy atom. The summed E-state index contributed by atoms with van der Waals surface area (Å²) in [5.74, 6) is 1.78. The van der Waals surface area contributed by atoms with E-state index in [1.165, 1.54) is 11.8 Å². The summed E-state index contributed by atoms with van der Waals surface area (Å²) in [4.78, 5) is 11.9. The first kappa shape index (κ1) is 16.3. The smallest absolute Gasteiger partial charge is 0.191 e. The maximum Gasteiger partial charge on any atom is 0.191 e. The quantitative estimate of drug-likeness (QED) is 0.822. The van der Waals surface area contributed by atoms with Gasteiger partial charge in [0, 0.05) is 18.5 Å². The van der Waals surface area contributed by atoms with Crippen molar-refractivity contribution in [2.45, 2.75) is 42.7 Å². The number of ketones is 1. The molecule has 7 heteroatoms. The average Bonchev–Trinajstić information content (AvgIpc) is 2.90. The molecular formula is C16H18ClN3O2S. The molecule has 0 aliphatic heterocycles.